The van der Waals surface area contributed by atoms with Crippen molar-refractivity contribution in [3.8, 4) is 23.0 Å². The van der Waals surface area contributed by atoms with Crippen LogP contribution < -0.4 is 15.0 Å². The molecule has 196 valence electrons. The molecule has 7 rings (SSSR count). The molecule has 0 saturated carbocycles. The van der Waals surface area contributed by atoms with Gasteiger partial charge < -0.3 is 20.1 Å². The molecule has 38 heavy (non-hydrogen) atoms. The van der Waals surface area contributed by atoms with E-state index >= 15 is 8.78 Å². The summed E-state index contributed by atoms with van der Waals surface area (Å²) in [6, 6.07) is 5.75. The smallest absolute Gasteiger partial charge is 0.318 e. The van der Waals surface area contributed by atoms with Gasteiger partial charge in [-0.3, -0.25) is 9.78 Å². The Labute approximate surface area is 217 Å². The summed E-state index contributed by atoms with van der Waals surface area (Å²) in [5.74, 6) is -0.931. The quantitative estimate of drug-likeness (QED) is 0.378. The summed E-state index contributed by atoms with van der Waals surface area (Å²) in [4.78, 5) is 28.3. The topological polar surface area (TPSA) is 100 Å². The number of carbonyl (C=O) groups excluding carboxylic acids is 1. The number of halogens is 2. The van der Waals surface area contributed by atoms with Crippen LogP contribution in [0.25, 0.3) is 32.9 Å². The Bertz CT molecular complexity index is 1610. The molecule has 0 unspecified atom stereocenters. The average Bonchev–Trinajstić information content (AvgIpc) is 2.88. The van der Waals surface area contributed by atoms with Gasteiger partial charge in [-0.1, -0.05) is 6.07 Å². The van der Waals surface area contributed by atoms with E-state index in [-0.39, 0.29) is 47.3 Å². The van der Waals surface area contributed by atoms with Crippen LogP contribution in [0.5, 0.6) is 11.8 Å². The zero-order valence-electron chi connectivity index (χ0n) is 21.1. The average molecular weight is 520 g/mol. The number of nitrogens with zero attached hydrogens (tertiary/aromatic N) is 4. The van der Waals surface area contributed by atoms with E-state index in [9.17, 15) is 9.90 Å². The fraction of sp³-hybridized carbons (Fsp3) is 0.357. The molecule has 2 aromatic heterocycles. The van der Waals surface area contributed by atoms with Gasteiger partial charge in [0.15, 0.2) is 5.82 Å². The molecular weight excluding hydrogens is 492 g/mol. The van der Waals surface area contributed by atoms with Gasteiger partial charge in [-0.15, -0.1) is 0 Å². The van der Waals surface area contributed by atoms with Crippen molar-refractivity contribution in [2.24, 2.45) is 0 Å². The molecule has 0 radical (unpaired) electrons. The molecule has 10 heteroatoms. The van der Waals surface area contributed by atoms with Crippen LogP contribution in [0.1, 0.15) is 38.2 Å². The molecule has 0 spiro atoms. The summed E-state index contributed by atoms with van der Waals surface area (Å²) in [5.41, 5.74) is 0.00267. The number of aromatic hydroxyl groups is 1. The van der Waals surface area contributed by atoms with Crippen LogP contribution in [0, 0.1) is 11.6 Å². The highest BCUT2D eigenvalue weighted by Gasteiger charge is 2.34. The highest BCUT2D eigenvalue weighted by molar-refractivity contribution is 6.01. The first-order valence-electron chi connectivity index (χ1n) is 12.7. The fourth-order valence-corrected chi connectivity index (χ4v) is 5.82. The van der Waals surface area contributed by atoms with Crippen LogP contribution in [-0.4, -0.2) is 51.7 Å². The lowest BCUT2D eigenvalue weighted by atomic mass is 9.90. The standard InChI is InChI=1S/C28H27F2N5O3/c1-28-9-4-10-35(14-28)26-19-13-31-24(23(30)25(19)32-27(33-26)38-2)18-12-16(36)11-15-7-8-20(29)17(22(15)18)5-3-6-21(37)34-28/h7-8,11-13,36H,3-6,9-10,14H2,1-2H3,(H,34,37)/t28-/m1/s1. The Kier molecular flexibility index (Phi) is 5.77. The monoisotopic (exact) mass is 519 g/mol. The fourth-order valence-electron chi connectivity index (χ4n) is 5.82. The van der Waals surface area contributed by atoms with Gasteiger partial charge >= 0.3 is 6.01 Å². The van der Waals surface area contributed by atoms with Gasteiger partial charge in [-0.25, -0.2) is 8.78 Å². The van der Waals surface area contributed by atoms with E-state index in [0.29, 0.717) is 47.1 Å². The number of phenolic OH excluding ortho intramolecular Hbond substituents is 1. The molecule has 1 atom stereocenters. The number of hydrogen-bond acceptors (Lipinski definition) is 7. The van der Waals surface area contributed by atoms with Crippen molar-refractivity contribution in [2.75, 3.05) is 25.1 Å². The van der Waals surface area contributed by atoms with Gasteiger partial charge in [0.1, 0.15) is 28.6 Å². The Balaban J connectivity index is 1.67. The first-order valence-corrected chi connectivity index (χ1v) is 12.7. The maximum atomic E-state index is 16.3. The summed E-state index contributed by atoms with van der Waals surface area (Å²) in [5, 5.41) is 15.0. The predicted octanol–water partition coefficient (Wildman–Crippen LogP) is 4.65. The zero-order chi connectivity index (χ0) is 26.6. The Morgan fingerprint density at radius 1 is 1.16 bits per heavy atom. The number of amides is 1. The van der Waals surface area contributed by atoms with E-state index in [1.165, 1.54) is 31.5 Å². The number of rotatable bonds is 1. The number of aryl methyl sites for hydroxylation is 1. The lowest BCUT2D eigenvalue weighted by molar-refractivity contribution is -0.123. The van der Waals surface area contributed by atoms with Crippen molar-refractivity contribution in [3.05, 3.63) is 47.7 Å². The maximum absolute atomic E-state index is 16.3. The first-order chi connectivity index (χ1) is 18.3. The summed E-state index contributed by atoms with van der Waals surface area (Å²) in [6.07, 6.45) is 3.94. The minimum absolute atomic E-state index is 0.00604. The van der Waals surface area contributed by atoms with Crippen LogP contribution in [0.15, 0.2) is 30.5 Å². The van der Waals surface area contributed by atoms with E-state index in [4.69, 9.17) is 4.74 Å². The highest BCUT2D eigenvalue weighted by atomic mass is 19.1. The number of pyridine rings is 1. The third-order valence-corrected chi connectivity index (χ3v) is 7.50. The molecule has 1 saturated heterocycles. The Morgan fingerprint density at radius 3 is 2.82 bits per heavy atom. The van der Waals surface area contributed by atoms with Gasteiger partial charge in [0.25, 0.3) is 0 Å². The molecular formula is C28H27F2N5O3. The molecule has 4 aromatic rings. The van der Waals surface area contributed by atoms with Crippen LogP contribution in [0.2, 0.25) is 0 Å². The molecule has 6 bridgehead atoms. The van der Waals surface area contributed by atoms with Gasteiger partial charge in [0.2, 0.25) is 5.91 Å². The number of nitrogens with one attached hydrogen (secondary N) is 1. The number of phenols is 1. The van der Waals surface area contributed by atoms with Crippen molar-refractivity contribution in [1.82, 2.24) is 20.3 Å². The van der Waals surface area contributed by atoms with Crippen LogP contribution >= 0.6 is 0 Å². The number of ether oxygens (including phenoxy) is 1. The number of hydrogen-bond donors (Lipinski definition) is 2. The number of benzene rings is 2. The van der Waals surface area contributed by atoms with Crippen molar-refractivity contribution in [3.63, 3.8) is 0 Å². The van der Waals surface area contributed by atoms with Gasteiger partial charge in [0.05, 0.1) is 18.0 Å². The normalized spacial score (nSPS) is 19.8. The minimum Gasteiger partial charge on any atom is -0.508 e. The Hall–Kier alpha value is -4.08. The third-order valence-electron chi connectivity index (χ3n) is 7.50. The summed E-state index contributed by atoms with van der Waals surface area (Å²) in [7, 11) is 1.41. The van der Waals surface area contributed by atoms with E-state index < -0.39 is 17.2 Å². The Morgan fingerprint density at radius 2 is 2.00 bits per heavy atom. The lowest BCUT2D eigenvalue weighted by Crippen LogP contribution is -2.57. The largest absolute Gasteiger partial charge is 0.508 e. The molecule has 2 N–H and O–H groups in total. The minimum atomic E-state index is -0.716. The summed E-state index contributed by atoms with van der Waals surface area (Å²) < 4.78 is 36.9. The summed E-state index contributed by atoms with van der Waals surface area (Å²) >= 11 is 0. The van der Waals surface area contributed by atoms with E-state index in [0.717, 1.165) is 12.8 Å². The van der Waals surface area contributed by atoms with Gasteiger partial charge in [-0.2, -0.15) is 9.97 Å². The van der Waals surface area contributed by atoms with Crippen molar-refractivity contribution in [2.45, 2.75) is 44.6 Å². The van der Waals surface area contributed by atoms with E-state index in [1.54, 1.807) is 6.07 Å². The second-order valence-corrected chi connectivity index (χ2v) is 10.3. The van der Waals surface area contributed by atoms with Crippen LogP contribution in [0.3, 0.4) is 0 Å². The number of piperidine rings is 1. The lowest BCUT2D eigenvalue weighted by Gasteiger charge is -2.42. The SMILES string of the molecule is COc1nc2c3cnc(c(F)c3n1)-c1cc(O)cc3ccc(F)c(c13)CCCC(=O)N[C@]1(C)CCCN2C1. The molecule has 0 aliphatic carbocycles. The van der Waals surface area contributed by atoms with Gasteiger partial charge in [0, 0.05) is 31.3 Å². The molecule has 2 aromatic carbocycles. The number of methoxy groups -OCH3 is 1. The third kappa shape index (κ3) is 4.04. The molecule has 5 heterocycles. The van der Waals surface area contributed by atoms with Crippen LogP contribution in [0.4, 0.5) is 14.6 Å². The second-order valence-electron chi connectivity index (χ2n) is 10.3. The van der Waals surface area contributed by atoms with E-state index in [1.807, 2.05) is 11.8 Å². The predicted molar refractivity (Wildman–Crippen MR) is 139 cm³/mol. The van der Waals surface area contributed by atoms with Crippen molar-refractivity contribution in [1.29, 1.82) is 0 Å². The van der Waals surface area contributed by atoms with Crippen LogP contribution in [-0.2, 0) is 11.2 Å². The number of anilines is 1. The maximum Gasteiger partial charge on any atom is 0.318 e. The first kappa shape index (κ1) is 24.3. The van der Waals surface area contributed by atoms with E-state index in [2.05, 4.69) is 20.3 Å². The molecule has 3 aliphatic rings. The van der Waals surface area contributed by atoms with Crippen molar-refractivity contribution < 1.29 is 23.4 Å². The molecule has 3 aliphatic heterocycles. The summed E-state index contributed by atoms with van der Waals surface area (Å²) in [6.45, 7) is 3.10. The second kappa shape index (κ2) is 9.04. The number of fused-ring (bicyclic) bond motifs is 5. The number of aromatic nitrogens is 3. The number of carbonyl (C=O) groups is 1. The molecule has 1 fully saturated rings. The highest BCUT2D eigenvalue weighted by Crippen LogP contribution is 2.40. The van der Waals surface area contributed by atoms with Gasteiger partial charge in [-0.05, 0) is 67.1 Å². The van der Waals surface area contributed by atoms with Crippen molar-refractivity contribution >= 4 is 33.4 Å². The zero-order valence-corrected chi connectivity index (χ0v) is 21.1. The molecule has 1 amide bonds. The molecule has 8 nitrogen and oxygen atoms in total.